The number of carboxylic acid groups (broad SMARTS) is 1. The summed E-state index contributed by atoms with van der Waals surface area (Å²) in [5, 5.41) is 9.11. The third-order valence-electron chi connectivity index (χ3n) is 3.44. The van der Waals surface area contributed by atoms with E-state index < -0.39 is 5.97 Å². The Morgan fingerprint density at radius 2 is 2.15 bits per heavy atom. The standard InChI is InChI=1S/C14H18N2O4/c1-2-10-20-14(19)15-8-5-11(6-9-15)16-7-3-4-12(16)13(17)18/h2-4,7,11H,1,5-6,8-10H2,(H,17,18). The molecule has 1 aliphatic heterocycles. The van der Waals surface area contributed by atoms with Crippen LogP contribution in [0.1, 0.15) is 29.4 Å². The lowest BCUT2D eigenvalue weighted by molar-refractivity contribution is 0.0673. The van der Waals surface area contributed by atoms with Crippen molar-refractivity contribution in [3.8, 4) is 0 Å². The van der Waals surface area contributed by atoms with Gasteiger partial charge in [0.05, 0.1) is 0 Å². The van der Waals surface area contributed by atoms with Gasteiger partial charge in [0.2, 0.25) is 0 Å². The van der Waals surface area contributed by atoms with Gasteiger partial charge in [-0.25, -0.2) is 9.59 Å². The highest BCUT2D eigenvalue weighted by Gasteiger charge is 2.26. The number of hydrogen-bond donors (Lipinski definition) is 1. The molecule has 6 heteroatoms. The number of ether oxygens (including phenoxy) is 1. The Balaban J connectivity index is 1.94. The van der Waals surface area contributed by atoms with E-state index >= 15 is 0 Å². The Bertz CT molecular complexity index is 501. The Hall–Kier alpha value is -2.24. The second kappa shape index (κ2) is 6.27. The summed E-state index contributed by atoms with van der Waals surface area (Å²) < 4.78 is 6.76. The number of likely N-dealkylation sites (tertiary alicyclic amines) is 1. The van der Waals surface area contributed by atoms with E-state index in [0.717, 1.165) is 12.8 Å². The number of amides is 1. The fourth-order valence-corrected chi connectivity index (χ4v) is 2.44. The first-order valence-corrected chi connectivity index (χ1v) is 6.56. The molecule has 108 valence electrons. The highest BCUT2D eigenvalue weighted by molar-refractivity contribution is 5.85. The first kappa shape index (κ1) is 14.2. The van der Waals surface area contributed by atoms with Crippen LogP contribution in [0, 0.1) is 0 Å². The number of rotatable bonds is 4. The predicted molar refractivity (Wildman–Crippen MR) is 72.8 cm³/mol. The number of aromatic carboxylic acids is 1. The van der Waals surface area contributed by atoms with Gasteiger partial charge >= 0.3 is 12.1 Å². The molecular weight excluding hydrogens is 260 g/mol. The first-order valence-electron chi connectivity index (χ1n) is 6.56. The molecule has 1 aliphatic rings. The van der Waals surface area contributed by atoms with Crippen LogP contribution in [0.3, 0.4) is 0 Å². The average molecular weight is 278 g/mol. The fourth-order valence-electron chi connectivity index (χ4n) is 2.44. The van der Waals surface area contributed by atoms with Crippen LogP contribution >= 0.6 is 0 Å². The van der Waals surface area contributed by atoms with Crippen molar-refractivity contribution < 1.29 is 19.4 Å². The summed E-state index contributed by atoms with van der Waals surface area (Å²) in [5.41, 5.74) is 0.290. The second-order valence-electron chi connectivity index (χ2n) is 4.69. The Kier molecular flexibility index (Phi) is 4.45. The molecule has 20 heavy (non-hydrogen) atoms. The van der Waals surface area contributed by atoms with E-state index in [1.807, 2.05) is 0 Å². The maximum absolute atomic E-state index is 11.7. The number of nitrogens with zero attached hydrogens (tertiary/aromatic N) is 2. The summed E-state index contributed by atoms with van der Waals surface area (Å²) in [6.07, 6.45) is 4.41. The van der Waals surface area contributed by atoms with Gasteiger partial charge in [0.25, 0.3) is 0 Å². The third-order valence-corrected chi connectivity index (χ3v) is 3.44. The number of hydrogen-bond acceptors (Lipinski definition) is 3. The first-order chi connectivity index (χ1) is 9.63. The molecule has 6 nitrogen and oxygen atoms in total. The summed E-state index contributed by atoms with van der Waals surface area (Å²) in [5.74, 6) is -0.928. The van der Waals surface area contributed by atoms with Crippen molar-refractivity contribution in [1.82, 2.24) is 9.47 Å². The van der Waals surface area contributed by atoms with Crippen molar-refractivity contribution in [3.05, 3.63) is 36.7 Å². The van der Waals surface area contributed by atoms with E-state index in [0.29, 0.717) is 13.1 Å². The van der Waals surface area contributed by atoms with Crippen molar-refractivity contribution in [2.24, 2.45) is 0 Å². The summed E-state index contributed by atoms with van der Waals surface area (Å²) in [7, 11) is 0. The topological polar surface area (TPSA) is 71.8 Å². The summed E-state index contributed by atoms with van der Waals surface area (Å²) >= 11 is 0. The molecule has 1 aromatic rings. The smallest absolute Gasteiger partial charge is 0.410 e. The van der Waals surface area contributed by atoms with E-state index in [9.17, 15) is 9.59 Å². The number of aromatic nitrogens is 1. The lowest BCUT2D eigenvalue weighted by atomic mass is 10.1. The molecule has 0 radical (unpaired) electrons. The lowest BCUT2D eigenvalue weighted by Gasteiger charge is -2.32. The molecule has 0 aliphatic carbocycles. The molecule has 0 unspecified atom stereocenters. The van der Waals surface area contributed by atoms with Gasteiger partial charge in [0.1, 0.15) is 12.3 Å². The largest absolute Gasteiger partial charge is 0.477 e. The van der Waals surface area contributed by atoms with Crippen LogP contribution in [0.5, 0.6) is 0 Å². The van der Waals surface area contributed by atoms with Crippen LogP contribution in [-0.4, -0.2) is 46.3 Å². The van der Waals surface area contributed by atoms with Crippen LogP contribution in [0.15, 0.2) is 31.0 Å². The fraction of sp³-hybridized carbons (Fsp3) is 0.429. The number of piperidine rings is 1. The van der Waals surface area contributed by atoms with Gasteiger partial charge in [-0.15, -0.1) is 0 Å². The van der Waals surface area contributed by atoms with Gasteiger partial charge in [-0.1, -0.05) is 12.7 Å². The van der Waals surface area contributed by atoms with Gasteiger partial charge in [-0.05, 0) is 25.0 Å². The van der Waals surface area contributed by atoms with E-state index in [-0.39, 0.29) is 24.4 Å². The minimum atomic E-state index is -0.928. The van der Waals surface area contributed by atoms with E-state index in [2.05, 4.69) is 6.58 Å². The Labute approximate surface area is 117 Å². The molecule has 1 fully saturated rings. The number of carboxylic acids is 1. The molecule has 1 saturated heterocycles. The predicted octanol–water partition coefficient (Wildman–Crippen LogP) is 2.15. The van der Waals surface area contributed by atoms with Crippen LogP contribution in [0.4, 0.5) is 4.79 Å². The van der Waals surface area contributed by atoms with Gasteiger partial charge in [-0.3, -0.25) is 0 Å². The van der Waals surface area contributed by atoms with E-state index in [1.54, 1.807) is 27.8 Å². The molecule has 2 heterocycles. The molecule has 0 saturated carbocycles. The highest BCUT2D eigenvalue weighted by Crippen LogP contribution is 2.24. The highest BCUT2D eigenvalue weighted by atomic mass is 16.6. The quantitative estimate of drug-likeness (QED) is 0.856. The molecule has 1 aromatic heterocycles. The normalized spacial score (nSPS) is 15.9. The van der Waals surface area contributed by atoms with Gasteiger partial charge in [0, 0.05) is 25.3 Å². The average Bonchev–Trinajstić information content (AvgIpc) is 2.94. The van der Waals surface area contributed by atoms with Gasteiger partial charge < -0.3 is 19.3 Å². The van der Waals surface area contributed by atoms with Crippen LogP contribution in [0.2, 0.25) is 0 Å². The molecule has 0 aromatic carbocycles. The zero-order valence-electron chi connectivity index (χ0n) is 11.2. The second-order valence-corrected chi connectivity index (χ2v) is 4.69. The van der Waals surface area contributed by atoms with Gasteiger partial charge in [-0.2, -0.15) is 0 Å². The molecule has 0 spiro atoms. The molecule has 2 rings (SSSR count). The monoisotopic (exact) mass is 278 g/mol. The van der Waals surface area contributed by atoms with Crippen LogP contribution in [-0.2, 0) is 4.74 Å². The molecular formula is C14H18N2O4. The zero-order chi connectivity index (χ0) is 14.5. The summed E-state index contributed by atoms with van der Waals surface area (Å²) in [6, 6.07) is 3.43. The van der Waals surface area contributed by atoms with E-state index in [4.69, 9.17) is 9.84 Å². The molecule has 1 amide bonds. The summed E-state index contributed by atoms with van der Waals surface area (Å²) in [6.45, 7) is 4.84. The maximum Gasteiger partial charge on any atom is 0.410 e. The molecule has 1 N–H and O–H groups in total. The van der Waals surface area contributed by atoms with E-state index in [1.165, 1.54) is 6.08 Å². The number of carbonyl (C=O) groups is 2. The SMILES string of the molecule is C=CCOC(=O)N1CCC(n2cccc2C(=O)O)CC1. The van der Waals surface area contributed by atoms with Crippen LogP contribution in [0.25, 0.3) is 0 Å². The molecule has 0 bridgehead atoms. The number of carbonyl (C=O) groups excluding carboxylic acids is 1. The van der Waals surface area contributed by atoms with Crippen molar-refractivity contribution in [3.63, 3.8) is 0 Å². The van der Waals surface area contributed by atoms with Crippen molar-refractivity contribution in [1.29, 1.82) is 0 Å². The Morgan fingerprint density at radius 1 is 1.45 bits per heavy atom. The minimum Gasteiger partial charge on any atom is -0.477 e. The van der Waals surface area contributed by atoms with Crippen molar-refractivity contribution in [2.45, 2.75) is 18.9 Å². The lowest BCUT2D eigenvalue weighted by Crippen LogP contribution is -2.39. The van der Waals surface area contributed by atoms with Gasteiger partial charge in [0.15, 0.2) is 0 Å². The summed E-state index contributed by atoms with van der Waals surface area (Å²) in [4.78, 5) is 24.4. The third kappa shape index (κ3) is 3.01. The maximum atomic E-state index is 11.7. The molecule has 0 atom stereocenters. The van der Waals surface area contributed by atoms with Crippen molar-refractivity contribution in [2.75, 3.05) is 19.7 Å². The minimum absolute atomic E-state index is 0.111. The Morgan fingerprint density at radius 3 is 2.75 bits per heavy atom. The van der Waals surface area contributed by atoms with Crippen molar-refractivity contribution >= 4 is 12.1 Å². The van der Waals surface area contributed by atoms with Crippen LogP contribution < -0.4 is 0 Å². The zero-order valence-corrected chi connectivity index (χ0v) is 11.2.